The van der Waals surface area contributed by atoms with Gasteiger partial charge >= 0.3 is 5.69 Å². The molecule has 0 saturated carbocycles. The Kier molecular flexibility index (Phi) is 4.08. The summed E-state index contributed by atoms with van der Waals surface area (Å²) in [6.45, 7) is 6.40. The molecule has 106 valence electrons. The average molecular weight is 273 g/mol. The van der Waals surface area contributed by atoms with Crippen molar-refractivity contribution in [2.75, 3.05) is 5.32 Å². The van der Waals surface area contributed by atoms with Crippen LogP contribution < -0.4 is 16.6 Å². The van der Waals surface area contributed by atoms with E-state index < -0.39 is 0 Å². The van der Waals surface area contributed by atoms with E-state index in [9.17, 15) is 9.59 Å². The molecule has 1 aromatic heterocycles. The highest BCUT2D eigenvalue weighted by molar-refractivity contribution is 5.57. The van der Waals surface area contributed by atoms with Crippen LogP contribution in [-0.2, 0) is 6.54 Å². The van der Waals surface area contributed by atoms with Gasteiger partial charge in [0.1, 0.15) is 5.82 Å². The minimum Gasteiger partial charge on any atom is -0.342 e. The van der Waals surface area contributed by atoms with E-state index >= 15 is 0 Å². The number of H-pyrrole nitrogens is 1. The van der Waals surface area contributed by atoms with E-state index in [1.54, 1.807) is 0 Å². The average Bonchev–Trinajstić information content (AvgIpc) is 2.38. The number of aryl methyl sites for hydroxylation is 2. The van der Waals surface area contributed by atoms with Crippen molar-refractivity contribution in [1.82, 2.24) is 9.55 Å². The summed E-state index contributed by atoms with van der Waals surface area (Å²) in [6, 6.07) is 7.30. The Bertz CT molecular complexity index is 697. The lowest BCUT2D eigenvalue weighted by atomic mass is 10.1. The van der Waals surface area contributed by atoms with Gasteiger partial charge in [-0.1, -0.05) is 13.0 Å². The number of benzene rings is 1. The van der Waals surface area contributed by atoms with Crippen LogP contribution in [0.3, 0.4) is 0 Å². The van der Waals surface area contributed by atoms with E-state index in [1.807, 2.05) is 39.0 Å². The topological polar surface area (TPSA) is 66.9 Å². The number of hydrogen-bond donors (Lipinski definition) is 2. The fourth-order valence-corrected chi connectivity index (χ4v) is 2.00. The van der Waals surface area contributed by atoms with Gasteiger partial charge in [0.2, 0.25) is 0 Å². The SMILES string of the molecule is CCCn1c(=O)cc(Nc2ccc(C)c(C)c2)[nH]c1=O. The molecule has 2 N–H and O–H groups in total. The summed E-state index contributed by atoms with van der Waals surface area (Å²) in [7, 11) is 0. The molecule has 0 fully saturated rings. The number of nitrogens with zero attached hydrogens (tertiary/aromatic N) is 1. The number of anilines is 2. The van der Waals surface area contributed by atoms with Gasteiger partial charge in [0.05, 0.1) is 0 Å². The number of nitrogens with one attached hydrogen (secondary N) is 2. The van der Waals surface area contributed by atoms with E-state index in [2.05, 4.69) is 10.3 Å². The summed E-state index contributed by atoms with van der Waals surface area (Å²) >= 11 is 0. The number of hydrogen-bond acceptors (Lipinski definition) is 3. The van der Waals surface area contributed by atoms with Crippen LogP contribution in [0.2, 0.25) is 0 Å². The van der Waals surface area contributed by atoms with E-state index in [0.717, 1.165) is 17.7 Å². The van der Waals surface area contributed by atoms with Crippen molar-refractivity contribution >= 4 is 11.5 Å². The predicted octanol–water partition coefficient (Wildman–Crippen LogP) is 2.31. The van der Waals surface area contributed by atoms with Crippen molar-refractivity contribution in [2.24, 2.45) is 0 Å². The molecule has 0 saturated heterocycles. The largest absolute Gasteiger partial charge is 0.342 e. The third kappa shape index (κ3) is 2.99. The molecule has 2 aromatic rings. The minimum atomic E-state index is -0.384. The van der Waals surface area contributed by atoms with E-state index in [0.29, 0.717) is 12.4 Å². The van der Waals surface area contributed by atoms with Gasteiger partial charge in [-0.05, 0) is 43.5 Å². The van der Waals surface area contributed by atoms with Gasteiger partial charge < -0.3 is 5.32 Å². The second kappa shape index (κ2) is 5.77. The number of aromatic nitrogens is 2. The van der Waals surface area contributed by atoms with E-state index in [-0.39, 0.29) is 11.2 Å². The Balaban J connectivity index is 2.32. The van der Waals surface area contributed by atoms with Gasteiger partial charge in [0.15, 0.2) is 0 Å². The van der Waals surface area contributed by atoms with Crippen molar-refractivity contribution in [3.05, 3.63) is 56.2 Å². The summed E-state index contributed by atoms with van der Waals surface area (Å²) in [6.07, 6.45) is 0.743. The second-order valence-corrected chi connectivity index (χ2v) is 4.90. The Morgan fingerprint density at radius 1 is 1.15 bits per heavy atom. The minimum absolute atomic E-state index is 0.290. The molecule has 1 heterocycles. The lowest BCUT2D eigenvalue weighted by Crippen LogP contribution is -2.34. The normalized spacial score (nSPS) is 10.6. The summed E-state index contributed by atoms with van der Waals surface area (Å²) in [5.74, 6) is 0.413. The fraction of sp³-hybridized carbons (Fsp3) is 0.333. The van der Waals surface area contributed by atoms with Gasteiger partial charge in [0.25, 0.3) is 5.56 Å². The molecule has 5 nitrogen and oxygen atoms in total. The first-order valence-corrected chi connectivity index (χ1v) is 6.69. The molecule has 0 aliphatic heterocycles. The molecular weight excluding hydrogens is 254 g/mol. The first kappa shape index (κ1) is 14.1. The third-order valence-electron chi connectivity index (χ3n) is 3.25. The van der Waals surface area contributed by atoms with Crippen molar-refractivity contribution in [3.8, 4) is 0 Å². The third-order valence-corrected chi connectivity index (χ3v) is 3.25. The van der Waals surface area contributed by atoms with Crippen LogP contribution >= 0.6 is 0 Å². The van der Waals surface area contributed by atoms with E-state index in [1.165, 1.54) is 16.2 Å². The van der Waals surface area contributed by atoms with Crippen LogP contribution in [0.4, 0.5) is 11.5 Å². The summed E-state index contributed by atoms with van der Waals surface area (Å²) in [5.41, 5.74) is 2.52. The molecule has 0 bridgehead atoms. The Hall–Kier alpha value is -2.30. The predicted molar refractivity (Wildman–Crippen MR) is 80.8 cm³/mol. The molecule has 0 spiro atoms. The van der Waals surface area contributed by atoms with Crippen LogP contribution in [0.25, 0.3) is 0 Å². The lowest BCUT2D eigenvalue weighted by Gasteiger charge is -2.09. The zero-order valence-corrected chi connectivity index (χ0v) is 12.0. The van der Waals surface area contributed by atoms with Crippen molar-refractivity contribution < 1.29 is 0 Å². The highest BCUT2D eigenvalue weighted by Gasteiger charge is 2.04. The van der Waals surface area contributed by atoms with Crippen LogP contribution in [0, 0.1) is 13.8 Å². The van der Waals surface area contributed by atoms with Gasteiger partial charge in [-0.15, -0.1) is 0 Å². The molecule has 2 rings (SSSR count). The molecule has 5 heteroatoms. The maximum Gasteiger partial charge on any atom is 0.329 e. The molecular formula is C15H19N3O2. The molecule has 0 unspecified atom stereocenters. The van der Waals surface area contributed by atoms with Gasteiger partial charge in [0, 0.05) is 18.3 Å². The first-order valence-electron chi connectivity index (χ1n) is 6.69. The van der Waals surface area contributed by atoms with Crippen LogP contribution in [0.5, 0.6) is 0 Å². The maximum absolute atomic E-state index is 11.9. The van der Waals surface area contributed by atoms with Gasteiger partial charge in [-0.25, -0.2) is 4.79 Å². The number of rotatable bonds is 4. The van der Waals surface area contributed by atoms with Crippen LogP contribution in [0.15, 0.2) is 33.9 Å². The lowest BCUT2D eigenvalue weighted by molar-refractivity contribution is 0.616. The molecule has 0 atom stereocenters. The smallest absolute Gasteiger partial charge is 0.329 e. The zero-order chi connectivity index (χ0) is 14.7. The molecule has 0 amide bonds. The molecule has 20 heavy (non-hydrogen) atoms. The van der Waals surface area contributed by atoms with Gasteiger partial charge in [-0.2, -0.15) is 0 Å². The fourth-order valence-electron chi connectivity index (χ4n) is 2.00. The molecule has 0 radical (unpaired) electrons. The monoisotopic (exact) mass is 273 g/mol. The Morgan fingerprint density at radius 3 is 2.50 bits per heavy atom. The zero-order valence-electron chi connectivity index (χ0n) is 12.0. The second-order valence-electron chi connectivity index (χ2n) is 4.90. The van der Waals surface area contributed by atoms with Crippen molar-refractivity contribution in [3.63, 3.8) is 0 Å². The molecule has 1 aromatic carbocycles. The first-order chi connectivity index (χ1) is 9.51. The highest BCUT2D eigenvalue weighted by Crippen LogP contribution is 2.16. The van der Waals surface area contributed by atoms with Crippen molar-refractivity contribution in [2.45, 2.75) is 33.7 Å². The quantitative estimate of drug-likeness (QED) is 0.898. The van der Waals surface area contributed by atoms with Crippen LogP contribution in [-0.4, -0.2) is 9.55 Å². The summed E-state index contributed by atoms with van der Waals surface area (Å²) in [5, 5.41) is 3.05. The Labute approximate surface area is 117 Å². The Morgan fingerprint density at radius 2 is 1.90 bits per heavy atom. The standard InChI is InChI=1S/C15H19N3O2/c1-4-7-18-14(19)9-13(17-15(18)20)16-12-6-5-10(2)11(3)8-12/h5-6,8-9,16H,4,7H2,1-3H3,(H,17,20). The highest BCUT2D eigenvalue weighted by atomic mass is 16.2. The van der Waals surface area contributed by atoms with Crippen LogP contribution in [0.1, 0.15) is 24.5 Å². The maximum atomic E-state index is 11.9. The van der Waals surface area contributed by atoms with Crippen molar-refractivity contribution in [1.29, 1.82) is 0 Å². The molecule has 0 aliphatic carbocycles. The van der Waals surface area contributed by atoms with Gasteiger partial charge in [-0.3, -0.25) is 14.3 Å². The summed E-state index contributed by atoms with van der Waals surface area (Å²) in [4.78, 5) is 26.4. The summed E-state index contributed by atoms with van der Waals surface area (Å²) < 4.78 is 1.20. The molecule has 0 aliphatic rings. The van der Waals surface area contributed by atoms with E-state index in [4.69, 9.17) is 0 Å². The number of aromatic amines is 1.